The molecule has 25 heavy (non-hydrogen) atoms. The van der Waals surface area contributed by atoms with E-state index in [1.54, 1.807) is 15.4 Å². The largest absolute Gasteiger partial charge is 0.383 e. The average molecular weight is 335 g/mol. The Morgan fingerprint density at radius 2 is 2.08 bits per heavy atom. The molecule has 1 saturated heterocycles. The molecule has 5 rings (SSSR count). The van der Waals surface area contributed by atoms with Crippen LogP contribution in [-0.2, 0) is 0 Å². The van der Waals surface area contributed by atoms with Crippen LogP contribution in [-0.4, -0.2) is 48.7 Å². The van der Waals surface area contributed by atoms with Crippen LogP contribution in [0.4, 0.5) is 11.6 Å². The fourth-order valence-electron chi connectivity index (χ4n) is 3.31. The Morgan fingerprint density at radius 3 is 2.92 bits per heavy atom. The molecule has 4 heterocycles. The first-order valence-electron chi connectivity index (χ1n) is 8.16. The number of para-hydroxylation sites is 1. The monoisotopic (exact) mass is 335 g/mol. The Bertz CT molecular complexity index is 1080. The molecule has 0 aliphatic carbocycles. The second-order valence-corrected chi connectivity index (χ2v) is 6.29. The molecule has 1 aliphatic heterocycles. The number of hydrogen-bond donors (Lipinski definition) is 2. The summed E-state index contributed by atoms with van der Waals surface area (Å²) < 4.78 is 3.36. The molecule has 0 unspecified atom stereocenters. The molecule has 0 saturated carbocycles. The predicted molar refractivity (Wildman–Crippen MR) is 94.6 cm³/mol. The molecule has 3 aromatic heterocycles. The molecular weight excluding hydrogens is 318 g/mol. The van der Waals surface area contributed by atoms with E-state index in [4.69, 9.17) is 16.5 Å². The predicted octanol–water partition coefficient (Wildman–Crippen LogP) is 0.583. The van der Waals surface area contributed by atoms with E-state index in [1.807, 2.05) is 30.3 Å². The van der Waals surface area contributed by atoms with E-state index in [-0.39, 0.29) is 6.04 Å². The number of rotatable bonds is 2. The van der Waals surface area contributed by atoms with Gasteiger partial charge < -0.3 is 16.4 Å². The maximum absolute atomic E-state index is 6.20. The molecule has 9 heteroatoms. The molecule has 4 N–H and O–H groups in total. The third-order valence-electron chi connectivity index (χ3n) is 4.60. The highest BCUT2D eigenvalue weighted by Crippen LogP contribution is 2.25. The van der Waals surface area contributed by atoms with E-state index in [9.17, 15) is 0 Å². The molecule has 1 fully saturated rings. The highest BCUT2D eigenvalue weighted by atomic mass is 15.4. The Hall–Kier alpha value is -3.20. The van der Waals surface area contributed by atoms with Gasteiger partial charge in [0.05, 0.1) is 11.7 Å². The second kappa shape index (κ2) is 5.15. The van der Waals surface area contributed by atoms with Crippen molar-refractivity contribution in [2.45, 2.75) is 12.5 Å². The van der Waals surface area contributed by atoms with Crippen LogP contribution in [0, 0.1) is 0 Å². The fraction of sp³-hybridized carbons (Fsp3) is 0.250. The Kier molecular flexibility index (Phi) is 2.92. The van der Waals surface area contributed by atoms with Crippen molar-refractivity contribution in [3.63, 3.8) is 0 Å². The third-order valence-corrected chi connectivity index (χ3v) is 4.60. The minimum Gasteiger partial charge on any atom is -0.383 e. The summed E-state index contributed by atoms with van der Waals surface area (Å²) in [5.74, 6) is 1.33. The summed E-state index contributed by atoms with van der Waals surface area (Å²) in [5.41, 5.74) is 15.3. The van der Waals surface area contributed by atoms with Gasteiger partial charge in [0.1, 0.15) is 22.8 Å². The number of hydrogen-bond acceptors (Lipinski definition) is 7. The molecule has 0 bridgehead atoms. The standard InChI is InChI=1S/C16H17N9/c17-10-5-6-23(9-10)15-7-14(18)25-16(20-15)13(8-19-25)24-12-4-2-1-3-11(12)21-22-24/h1-4,7-8,10H,5-6,9,17-18H2/t10-/m0/s1. The maximum Gasteiger partial charge on any atom is 0.185 e. The van der Waals surface area contributed by atoms with E-state index < -0.39 is 0 Å². The van der Waals surface area contributed by atoms with Gasteiger partial charge in [-0.1, -0.05) is 17.3 Å². The van der Waals surface area contributed by atoms with Gasteiger partial charge in [0.25, 0.3) is 0 Å². The summed E-state index contributed by atoms with van der Waals surface area (Å²) >= 11 is 0. The number of fused-ring (bicyclic) bond motifs is 2. The van der Waals surface area contributed by atoms with E-state index in [1.165, 1.54) is 0 Å². The number of anilines is 2. The Morgan fingerprint density at radius 1 is 1.20 bits per heavy atom. The van der Waals surface area contributed by atoms with Gasteiger partial charge in [-0.05, 0) is 18.6 Å². The molecule has 0 spiro atoms. The van der Waals surface area contributed by atoms with Crippen LogP contribution in [0.5, 0.6) is 0 Å². The van der Waals surface area contributed by atoms with Gasteiger partial charge in [-0.3, -0.25) is 0 Å². The van der Waals surface area contributed by atoms with Crippen LogP contribution in [0.2, 0.25) is 0 Å². The molecule has 126 valence electrons. The average Bonchev–Trinajstić information content (AvgIpc) is 3.32. The smallest absolute Gasteiger partial charge is 0.185 e. The minimum atomic E-state index is 0.169. The van der Waals surface area contributed by atoms with Crippen LogP contribution < -0.4 is 16.4 Å². The molecule has 9 nitrogen and oxygen atoms in total. The van der Waals surface area contributed by atoms with Crippen LogP contribution in [0.25, 0.3) is 22.4 Å². The Labute approximate surface area is 142 Å². The number of benzene rings is 1. The van der Waals surface area contributed by atoms with Crippen LogP contribution in [0.15, 0.2) is 36.5 Å². The third kappa shape index (κ3) is 2.13. The quantitative estimate of drug-likeness (QED) is 0.550. The first-order valence-corrected chi connectivity index (χ1v) is 8.16. The van der Waals surface area contributed by atoms with Crippen molar-refractivity contribution < 1.29 is 0 Å². The van der Waals surface area contributed by atoms with Crippen molar-refractivity contribution >= 4 is 28.3 Å². The molecule has 4 aromatic rings. The Balaban J connectivity index is 1.70. The lowest BCUT2D eigenvalue weighted by Gasteiger charge is -2.17. The number of aromatic nitrogens is 6. The van der Waals surface area contributed by atoms with Crippen LogP contribution >= 0.6 is 0 Å². The molecule has 0 amide bonds. The van der Waals surface area contributed by atoms with Crippen LogP contribution in [0.3, 0.4) is 0 Å². The van der Waals surface area contributed by atoms with E-state index in [0.717, 1.165) is 42.0 Å². The lowest BCUT2D eigenvalue weighted by Crippen LogP contribution is -2.27. The molecule has 1 aromatic carbocycles. The minimum absolute atomic E-state index is 0.169. The first-order chi connectivity index (χ1) is 12.2. The topological polar surface area (TPSA) is 116 Å². The van der Waals surface area contributed by atoms with Crippen molar-refractivity contribution in [1.82, 2.24) is 29.6 Å². The van der Waals surface area contributed by atoms with Gasteiger partial charge in [0.2, 0.25) is 0 Å². The summed E-state index contributed by atoms with van der Waals surface area (Å²) in [5, 5.41) is 12.8. The number of nitrogen functional groups attached to an aromatic ring is 1. The fourth-order valence-corrected chi connectivity index (χ4v) is 3.31. The number of nitrogens with zero attached hydrogens (tertiary/aromatic N) is 7. The highest BCUT2D eigenvalue weighted by Gasteiger charge is 2.22. The zero-order valence-electron chi connectivity index (χ0n) is 13.4. The van der Waals surface area contributed by atoms with Crippen molar-refractivity contribution in [3.05, 3.63) is 36.5 Å². The molecule has 0 radical (unpaired) electrons. The molecular formula is C16H17N9. The lowest BCUT2D eigenvalue weighted by molar-refractivity contribution is 0.751. The summed E-state index contributed by atoms with van der Waals surface area (Å²) in [6.07, 6.45) is 2.66. The maximum atomic E-state index is 6.20. The van der Waals surface area contributed by atoms with Crippen molar-refractivity contribution in [2.24, 2.45) is 5.73 Å². The van der Waals surface area contributed by atoms with Gasteiger partial charge in [0, 0.05) is 25.2 Å². The van der Waals surface area contributed by atoms with Crippen molar-refractivity contribution in [2.75, 3.05) is 23.7 Å². The van der Waals surface area contributed by atoms with Gasteiger partial charge in [-0.2, -0.15) is 9.61 Å². The normalized spacial score (nSPS) is 17.8. The van der Waals surface area contributed by atoms with Gasteiger partial charge in [-0.25, -0.2) is 9.67 Å². The molecule has 1 atom stereocenters. The SMILES string of the molecule is Nc1cc(N2CC[C@H](N)C2)nc2c(-n3nnc4ccccc43)cnn12. The zero-order valence-corrected chi connectivity index (χ0v) is 13.4. The van der Waals surface area contributed by atoms with E-state index in [2.05, 4.69) is 20.3 Å². The van der Waals surface area contributed by atoms with Crippen molar-refractivity contribution in [3.8, 4) is 5.69 Å². The van der Waals surface area contributed by atoms with Gasteiger partial charge >= 0.3 is 0 Å². The van der Waals surface area contributed by atoms with Crippen molar-refractivity contribution in [1.29, 1.82) is 0 Å². The summed E-state index contributed by atoms with van der Waals surface area (Å²) in [6.45, 7) is 1.65. The van der Waals surface area contributed by atoms with Crippen LogP contribution in [0.1, 0.15) is 6.42 Å². The summed E-state index contributed by atoms with van der Waals surface area (Å²) in [6, 6.07) is 9.77. The molecule has 1 aliphatic rings. The summed E-state index contributed by atoms with van der Waals surface area (Å²) in [7, 11) is 0. The van der Waals surface area contributed by atoms with E-state index >= 15 is 0 Å². The zero-order chi connectivity index (χ0) is 17.0. The first kappa shape index (κ1) is 14.2. The van der Waals surface area contributed by atoms with Gasteiger partial charge in [-0.15, -0.1) is 5.10 Å². The highest BCUT2D eigenvalue weighted by molar-refractivity contribution is 5.78. The second-order valence-electron chi connectivity index (χ2n) is 6.29. The van der Waals surface area contributed by atoms with E-state index in [0.29, 0.717) is 11.5 Å². The number of nitrogens with two attached hydrogens (primary N) is 2. The summed E-state index contributed by atoms with van der Waals surface area (Å²) in [4.78, 5) is 6.93. The van der Waals surface area contributed by atoms with Gasteiger partial charge in [0.15, 0.2) is 5.65 Å². The lowest BCUT2D eigenvalue weighted by atomic mass is 10.3.